The minimum atomic E-state index is 0.501. The molecule has 2 rings (SSSR count). The minimum absolute atomic E-state index is 0.501. The van der Waals surface area contributed by atoms with Crippen LogP contribution in [0.25, 0.3) is 0 Å². The monoisotopic (exact) mass is 156 g/mol. The zero-order valence-electron chi connectivity index (χ0n) is 6.88. The number of nitrogens with zero attached hydrogens (tertiary/aromatic N) is 1. The van der Waals surface area contributed by atoms with Gasteiger partial charge in [-0.2, -0.15) is 0 Å². The molecule has 1 unspecified atom stereocenters. The maximum absolute atomic E-state index is 5.53. The van der Waals surface area contributed by atoms with E-state index in [0.29, 0.717) is 6.10 Å². The summed E-state index contributed by atoms with van der Waals surface area (Å²) in [7, 11) is 0. The highest BCUT2D eigenvalue weighted by Gasteiger charge is 2.20. The summed E-state index contributed by atoms with van der Waals surface area (Å²) >= 11 is 0. The number of hydrazine groups is 1. The van der Waals surface area contributed by atoms with E-state index in [1.165, 1.54) is 25.8 Å². The molecule has 0 aromatic carbocycles. The van der Waals surface area contributed by atoms with Crippen molar-refractivity contribution in [1.82, 2.24) is 10.4 Å². The molecule has 2 saturated heterocycles. The highest BCUT2D eigenvalue weighted by Crippen LogP contribution is 2.13. The van der Waals surface area contributed by atoms with E-state index in [0.717, 1.165) is 19.7 Å². The van der Waals surface area contributed by atoms with Gasteiger partial charge >= 0.3 is 0 Å². The van der Waals surface area contributed by atoms with Crippen LogP contribution in [-0.4, -0.2) is 37.4 Å². The van der Waals surface area contributed by atoms with Crippen LogP contribution in [0, 0.1) is 0 Å². The number of hydrogen-bond donors (Lipinski definition) is 1. The normalized spacial score (nSPS) is 33.3. The Hall–Kier alpha value is -0.120. The fraction of sp³-hybridized carbons (Fsp3) is 1.00. The van der Waals surface area contributed by atoms with Crippen LogP contribution in [0.4, 0.5) is 0 Å². The van der Waals surface area contributed by atoms with Crippen molar-refractivity contribution in [1.29, 1.82) is 0 Å². The molecule has 0 amide bonds. The molecular weight excluding hydrogens is 140 g/mol. The lowest BCUT2D eigenvalue weighted by molar-refractivity contribution is 0.0670. The van der Waals surface area contributed by atoms with Gasteiger partial charge in [-0.25, -0.2) is 5.01 Å². The molecule has 2 heterocycles. The van der Waals surface area contributed by atoms with Crippen LogP contribution in [0.1, 0.15) is 19.3 Å². The zero-order valence-corrected chi connectivity index (χ0v) is 6.88. The third-order valence-corrected chi connectivity index (χ3v) is 2.39. The highest BCUT2D eigenvalue weighted by atomic mass is 16.5. The first-order valence-electron chi connectivity index (χ1n) is 4.55. The Kier molecular flexibility index (Phi) is 2.41. The van der Waals surface area contributed by atoms with Gasteiger partial charge in [-0.1, -0.05) is 0 Å². The van der Waals surface area contributed by atoms with E-state index >= 15 is 0 Å². The summed E-state index contributed by atoms with van der Waals surface area (Å²) in [5.41, 5.74) is 3.34. The summed E-state index contributed by atoms with van der Waals surface area (Å²) in [6.07, 6.45) is 4.28. The van der Waals surface area contributed by atoms with Gasteiger partial charge in [0.25, 0.3) is 0 Å². The number of ether oxygens (including phenoxy) is 1. The van der Waals surface area contributed by atoms with Crippen molar-refractivity contribution in [2.75, 3.05) is 26.2 Å². The maximum atomic E-state index is 5.53. The summed E-state index contributed by atoms with van der Waals surface area (Å²) < 4.78 is 5.53. The molecule has 0 aromatic rings. The lowest BCUT2D eigenvalue weighted by Crippen LogP contribution is -2.37. The largest absolute Gasteiger partial charge is 0.377 e. The molecule has 64 valence electrons. The van der Waals surface area contributed by atoms with Gasteiger partial charge in [0.05, 0.1) is 6.10 Å². The van der Waals surface area contributed by atoms with Gasteiger partial charge in [0.2, 0.25) is 0 Å². The van der Waals surface area contributed by atoms with Gasteiger partial charge in [-0.3, -0.25) is 5.43 Å². The summed E-state index contributed by atoms with van der Waals surface area (Å²) in [5.74, 6) is 0. The third-order valence-electron chi connectivity index (χ3n) is 2.39. The van der Waals surface area contributed by atoms with E-state index in [2.05, 4.69) is 10.4 Å². The predicted molar refractivity (Wildman–Crippen MR) is 43.2 cm³/mol. The van der Waals surface area contributed by atoms with Gasteiger partial charge in [-0.15, -0.1) is 0 Å². The lowest BCUT2D eigenvalue weighted by Gasteiger charge is -2.18. The number of hydrogen-bond acceptors (Lipinski definition) is 3. The second-order valence-corrected chi connectivity index (χ2v) is 3.34. The van der Waals surface area contributed by atoms with Crippen LogP contribution in [0.3, 0.4) is 0 Å². The van der Waals surface area contributed by atoms with Crippen molar-refractivity contribution >= 4 is 0 Å². The van der Waals surface area contributed by atoms with Gasteiger partial charge in [0, 0.05) is 26.2 Å². The molecular formula is C8H16N2O. The Balaban J connectivity index is 1.71. The van der Waals surface area contributed by atoms with E-state index in [1.54, 1.807) is 0 Å². The Morgan fingerprint density at radius 2 is 2.45 bits per heavy atom. The average Bonchev–Trinajstić information content (AvgIpc) is 2.60. The molecule has 3 nitrogen and oxygen atoms in total. The zero-order chi connectivity index (χ0) is 7.52. The third kappa shape index (κ3) is 1.92. The van der Waals surface area contributed by atoms with Crippen molar-refractivity contribution in [2.45, 2.75) is 25.4 Å². The second-order valence-electron chi connectivity index (χ2n) is 3.34. The Bertz CT molecular complexity index is 103. The van der Waals surface area contributed by atoms with Crippen LogP contribution >= 0.6 is 0 Å². The Morgan fingerprint density at radius 1 is 1.45 bits per heavy atom. The first-order valence-corrected chi connectivity index (χ1v) is 4.55. The highest BCUT2D eigenvalue weighted by molar-refractivity contribution is 4.71. The quantitative estimate of drug-likeness (QED) is 0.625. The molecule has 0 bridgehead atoms. The molecule has 2 aliphatic heterocycles. The Labute approximate surface area is 67.7 Å². The van der Waals surface area contributed by atoms with Crippen LogP contribution < -0.4 is 5.43 Å². The first kappa shape index (κ1) is 7.53. The van der Waals surface area contributed by atoms with Crippen LogP contribution in [0.5, 0.6) is 0 Å². The second kappa shape index (κ2) is 3.52. The van der Waals surface area contributed by atoms with Gasteiger partial charge in [0.1, 0.15) is 0 Å². The molecule has 3 heteroatoms. The smallest absolute Gasteiger partial charge is 0.0716 e. The summed E-state index contributed by atoms with van der Waals surface area (Å²) in [5, 5.41) is 2.29. The summed E-state index contributed by atoms with van der Waals surface area (Å²) in [6.45, 7) is 4.39. The van der Waals surface area contributed by atoms with Crippen LogP contribution in [0.2, 0.25) is 0 Å². The fourth-order valence-electron chi connectivity index (χ4n) is 1.78. The number of nitrogens with one attached hydrogen (secondary N) is 1. The van der Waals surface area contributed by atoms with Gasteiger partial charge < -0.3 is 4.74 Å². The molecule has 0 aliphatic carbocycles. The molecule has 0 radical (unpaired) electrons. The molecule has 1 N–H and O–H groups in total. The van der Waals surface area contributed by atoms with Crippen molar-refractivity contribution in [2.24, 2.45) is 0 Å². The summed E-state index contributed by atoms with van der Waals surface area (Å²) in [4.78, 5) is 0. The molecule has 2 aliphatic rings. The van der Waals surface area contributed by atoms with Crippen molar-refractivity contribution in [3.05, 3.63) is 0 Å². The Morgan fingerprint density at radius 3 is 3.09 bits per heavy atom. The van der Waals surface area contributed by atoms with Crippen molar-refractivity contribution < 1.29 is 4.74 Å². The van der Waals surface area contributed by atoms with Crippen LogP contribution in [-0.2, 0) is 4.74 Å². The molecule has 1 atom stereocenters. The molecule has 2 fully saturated rings. The van der Waals surface area contributed by atoms with Crippen molar-refractivity contribution in [3.63, 3.8) is 0 Å². The lowest BCUT2D eigenvalue weighted by atomic mass is 10.2. The van der Waals surface area contributed by atoms with E-state index < -0.39 is 0 Å². The topological polar surface area (TPSA) is 24.5 Å². The van der Waals surface area contributed by atoms with E-state index in [1.807, 2.05) is 0 Å². The predicted octanol–water partition coefficient (Wildman–Crippen LogP) is 0.376. The molecule has 0 spiro atoms. The van der Waals surface area contributed by atoms with Gasteiger partial charge in [-0.05, 0) is 19.3 Å². The molecule has 0 saturated carbocycles. The standard InChI is InChI=1S/C8H16N2O/c1-3-8(11-6-1)7-10-5-2-4-9-10/h8-9H,1-7H2. The fourth-order valence-corrected chi connectivity index (χ4v) is 1.78. The van der Waals surface area contributed by atoms with E-state index in [4.69, 9.17) is 4.74 Å². The van der Waals surface area contributed by atoms with Crippen molar-refractivity contribution in [3.8, 4) is 0 Å². The average molecular weight is 156 g/mol. The minimum Gasteiger partial charge on any atom is -0.377 e. The number of rotatable bonds is 2. The van der Waals surface area contributed by atoms with E-state index in [9.17, 15) is 0 Å². The van der Waals surface area contributed by atoms with Gasteiger partial charge in [0.15, 0.2) is 0 Å². The summed E-state index contributed by atoms with van der Waals surface area (Å²) in [6, 6.07) is 0. The molecule has 11 heavy (non-hydrogen) atoms. The molecule has 0 aromatic heterocycles. The maximum Gasteiger partial charge on any atom is 0.0716 e. The SMILES string of the molecule is C1COC(CN2CCCN2)C1. The van der Waals surface area contributed by atoms with Crippen LogP contribution in [0.15, 0.2) is 0 Å². The first-order chi connectivity index (χ1) is 5.45. The van der Waals surface area contributed by atoms with E-state index in [-0.39, 0.29) is 0 Å².